The fraction of sp³-hybridized carbons (Fsp3) is 1.00. The van der Waals surface area contributed by atoms with Crippen molar-refractivity contribution in [2.75, 3.05) is 0 Å². The predicted molar refractivity (Wildman–Crippen MR) is 98.5 cm³/mol. The van der Waals surface area contributed by atoms with Crippen LogP contribution in [-0.2, 0) is 0 Å². The summed E-state index contributed by atoms with van der Waals surface area (Å²) in [6.45, 7) is 0. The van der Waals surface area contributed by atoms with Gasteiger partial charge in [0, 0.05) is 48.3 Å². The van der Waals surface area contributed by atoms with Crippen LogP contribution >= 0.6 is 0 Å². The lowest BCUT2D eigenvalue weighted by atomic mass is 9.77. The van der Waals surface area contributed by atoms with Crippen molar-refractivity contribution in [1.82, 2.24) is 21.3 Å². The Hall–Kier alpha value is -0.0951. The average molecular weight is 328 g/mol. The Morgan fingerprint density at radius 2 is 1.00 bits per heavy atom. The summed E-state index contributed by atoms with van der Waals surface area (Å²) in [7, 11) is 6.53. The Balaban J connectivity index is 1.32. The predicted octanol–water partition coefficient (Wildman–Crippen LogP) is 1.22. The quantitative estimate of drug-likeness (QED) is 0.505. The summed E-state index contributed by atoms with van der Waals surface area (Å²) < 4.78 is 0. The molecule has 5 heterocycles. The molecule has 0 aliphatic carbocycles. The molecule has 8 bridgehead atoms. The maximum absolute atomic E-state index is 6.53. The maximum Gasteiger partial charge on any atom is 0.0722 e. The van der Waals surface area contributed by atoms with Gasteiger partial charge in [0.25, 0.3) is 0 Å². The van der Waals surface area contributed by atoms with E-state index in [9.17, 15) is 0 Å². The van der Waals surface area contributed by atoms with E-state index >= 15 is 0 Å². The molecule has 5 aliphatic heterocycles. The molecule has 0 amide bonds. The van der Waals surface area contributed by atoms with Crippen LogP contribution in [0.3, 0.4) is 0 Å². The van der Waals surface area contributed by atoms with Crippen molar-refractivity contribution in [3.05, 3.63) is 0 Å². The highest BCUT2D eigenvalue weighted by atomic mass is 15.1. The van der Waals surface area contributed by atoms with Gasteiger partial charge in [-0.3, -0.25) is 0 Å². The first-order valence-corrected chi connectivity index (χ1v) is 10.5. The molecule has 0 aromatic heterocycles. The van der Waals surface area contributed by atoms with Gasteiger partial charge in [0.15, 0.2) is 0 Å². The maximum atomic E-state index is 6.53. The van der Waals surface area contributed by atoms with Gasteiger partial charge in [0.05, 0.1) is 7.85 Å². The molecule has 4 nitrogen and oxygen atoms in total. The molecule has 5 aliphatic rings. The van der Waals surface area contributed by atoms with Crippen molar-refractivity contribution in [1.29, 1.82) is 0 Å². The SMILES string of the molecule is [B]C1CC2CC3CCC(CC4CCC(CC5CCC(N5)C1N2)N4)N3. The molecule has 9 atom stereocenters. The first-order chi connectivity index (χ1) is 11.7. The molecule has 0 aromatic carbocycles. The first kappa shape index (κ1) is 16.1. The lowest BCUT2D eigenvalue weighted by Crippen LogP contribution is -2.48. The van der Waals surface area contributed by atoms with Gasteiger partial charge >= 0.3 is 0 Å². The summed E-state index contributed by atoms with van der Waals surface area (Å²) in [4.78, 5) is 0. The van der Waals surface area contributed by atoms with Crippen molar-refractivity contribution in [2.45, 2.75) is 118 Å². The van der Waals surface area contributed by atoms with Gasteiger partial charge < -0.3 is 21.3 Å². The number of hydrogen-bond acceptors (Lipinski definition) is 4. The summed E-state index contributed by atoms with van der Waals surface area (Å²) in [5, 5.41) is 15.7. The number of hydrogen-bond donors (Lipinski definition) is 4. The van der Waals surface area contributed by atoms with Crippen LogP contribution in [-0.4, -0.2) is 56.2 Å². The second-order valence-corrected chi connectivity index (χ2v) is 9.32. The molecule has 5 rings (SSSR count). The molecular formula is C19H33BN4. The Bertz CT molecular complexity index is 461. The van der Waals surface area contributed by atoms with Crippen LogP contribution in [0.5, 0.6) is 0 Å². The van der Waals surface area contributed by atoms with E-state index in [0.717, 1.165) is 24.5 Å². The lowest BCUT2D eigenvalue weighted by molar-refractivity contribution is 0.379. The van der Waals surface area contributed by atoms with Gasteiger partial charge in [-0.2, -0.15) is 0 Å². The van der Waals surface area contributed by atoms with Crippen LogP contribution in [0.15, 0.2) is 0 Å². The Labute approximate surface area is 148 Å². The van der Waals surface area contributed by atoms with E-state index in [2.05, 4.69) is 21.3 Å². The summed E-state index contributed by atoms with van der Waals surface area (Å²) in [5.74, 6) is 0.324. The molecule has 0 spiro atoms. The minimum Gasteiger partial charge on any atom is -0.311 e. The van der Waals surface area contributed by atoms with Gasteiger partial charge in [-0.05, 0) is 64.2 Å². The topological polar surface area (TPSA) is 48.1 Å². The number of nitrogens with one attached hydrogen (secondary N) is 4. The van der Waals surface area contributed by atoms with Crippen molar-refractivity contribution >= 4 is 7.85 Å². The van der Waals surface area contributed by atoms with E-state index in [1.807, 2.05) is 0 Å². The minimum atomic E-state index is 0.324. The second kappa shape index (κ2) is 6.57. The van der Waals surface area contributed by atoms with Gasteiger partial charge in [0.1, 0.15) is 0 Å². The van der Waals surface area contributed by atoms with Gasteiger partial charge in [-0.15, -0.1) is 0 Å². The normalized spacial score (nSPS) is 54.6. The third-order valence-corrected chi connectivity index (χ3v) is 7.53. The van der Waals surface area contributed by atoms with Gasteiger partial charge in [-0.1, -0.05) is 5.82 Å². The monoisotopic (exact) mass is 328 g/mol. The van der Waals surface area contributed by atoms with E-state index < -0.39 is 0 Å². The highest BCUT2D eigenvalue weighted by Gasteiger charge is 2.41. The molecule has 9 unspecified atom stereocenters. The van der Waals surface area contributed by atoms with Crippen molar-refractivity contribution < 1.29 is 0 Å². The molecule has 4 N–H and O–H groups in total. The van der Waals surface area contributed by atoms with Gasteiger partial charge in [0.2, 0.25) is 0 Å². The van der Waals surface area contributed by atoms with E-state index in [1.54, 1.807) is 0 Å². The summed E-state index contributed by atoms with van der Waals surface area (Å²) in [6, 6.07) is 5.28. The molecule has 0 aromatic rings. The summed E-state index contributed by atoms with van der Waals surface area (Å²) >= 11 is 0. The Kier molecular flexibility index (Phi) is 4.41. The summed E-state index contributed by atoms with van der Waals surface area (Å²) in [6.07, 6.45) is 13.1. The zero-order valence-corrected chi connectivity index (χ0v) is 14.8. The van der Waals surface area contributed by atoms with Crippen LogP contribution in [0, 0.1) is 0 Å². The fourth-order valence-electron chi connectivity index (χ4n) is 6.42. The zero-order chi connectivity index (χ0) is 16.1. The average Bonchev–Trinajstić information content (AvgIpc) is 3.30. The van der Waals surface area contributed by atoms with Crippen molar-refractivity contribution in [3.8, 4) is 0 Å². The molecular weight excluding hydrogens is 295 g/mol. The second-order valence-electron chi connectivity index (χ2n) is 9.32. The first-order valence-electron chi connectivity index (χ1n) is 10.5. The standard InChI is InChI=1S/C19H33BN4/c20-17-10-16-9-14-4-3-12(22-14)7-11-1-2-13(21-11)8-15-5-6-18(23-15)19(17)24-16/h11-19,21-24H,1-10H2. The molecule has 24 heavy (non-hydrogen) atoms. The molecule has 2 radical (unpaired) electrons. The Morgan fingerprint density at radius 3 is 1.62 bits per heavy atom. The lowest BCUT2D eigenvalue weighted by Gasteiger charge is -2.26. The number of fused-ring (bicyclic) bond motifs is 9. The number of rotatable bonds is 0. The van der Waals surface area contributed by atoms with Crippen molar-refractivity contribution in [2.24, 2.45) is 0 Å². The van der Waals surface area contributed by atoms with E-state index in [0.29, 0.717) is 36.0 Å². The van der Waals surface area contributed by atoms with Crippen LogP contribution in [0.2, 0.25) is 5.82 Å². The van der Waals surface area contributed by atoms with Gasteiger partial charge in [-0.25, -0.2) is 0 Å². The smallest absolute Gasteiger partial charge is 0.0722 e. The Morgan fingerprint density at radius 1 is 0.500 bits per heavy atom. The van der Waals surface area contributed by atoms with Crippen LogP contribution in [0.1, 0.15) is 64.2 Å². The largest absolute Gasteiger partial charge is 0.311 e. The van der Waals surface area contributed by atoms with Crippen molar-refractivity contribution in [3.63, 3.8) is 0 Å². The van der Waals surface area contributed by atoms with Crippen LogP contribution in [0.4, 0.5) is 0 Å². The van der Waals surface area contributed by atoms with Crippen LogP contribution in [0.25, 0.3) is 0 Å². The van der Waals surface area contributed by atoms with Crippen LogP contribution < -0.4 is 21.3 Å². The van der Waals surface area contributed by atoms with E-state index in [1.165, 1.54) is 57.8 Å². The highest BCUT2D eigenvalue weighted by molar-refractivity contribution is 6.12. The molecule has 5 heteroatoms. The van der Waals surface area contributed by atoms with E-state index in [4.69, 9.17) is 7.85 Å². The van der Waals surface area contributed by atoms with E-state index in [-0.39, 0.29) is 0 Å². The third kappa shape index (κ3) is 3.18. The molecule has 132 valence electrons. The molecule has 5 fully saturated rings. The zero-order valence-electron chi connectivity index (χ0n) is 14.8. The molecule has 5 saturated heterocycles. The summed E-state index contributed by atoms with van der Waals surface area (Å²) in [5.41, 5.74) is 0. The molecule has 0 saturated carbocycles. The minimum absolute atomic E-state index is 0.324. The fourth-order valence-corrected chi connectivity index (χ4v) is 6.42. The third-order valence-electron chi connectivity index (χ3n) is 7.53. The highest BCUT2D eigenvalue weighted by Crippen LogP contribution is 2.34.